The quantitative estimate of drug-likeness (QED) is 0.539. The molecule has 2 aromatic heterocycles. The molecule has 0 unspecified atom stereocenters. The van der Waals surface area contributed by atoms with Gasteiger partial charge in [0, 0.05) is 43.9 Å². The Kier molecular flexibility index (Phi) is 8.08. The van der Waals surface area contributed by atoms with E-state index in [0.717, 1.165) is 52.4 Å². The molecule has 3 aromatic rings. The number of fused-ring (bicyclic) bond motifs is 1. The van der Waals surface area contributed by atoms with Crippen LogP contribution >= 0.6 is 0 Å². The number of nitrogens with two attached hydrogens (primary N) is 1. The lowest BCUT2D eigenvalue weighted by Gasteiger charge is -2.11. The van der Waals surface area contributed by atoms with Gasteiger partial charge in [-0.1, -0.05) is 13.0 Å². The van der Waals surface area contributed by atoms with Gasteiger partial charge in [0.25, 0.3) is 5.56 Å². The molecule has 0 bridgehead atoms. The maximum absolute atomic E-state index is 12.0. The Hall–Kier alpha value is -2.93. The number of ether oxygens (including phenoxy) is 1. The van der Waals surface area contributed by atoms with Crippen molar-refractivity contribution in [3.05, 3.63) is 51.9 Å². The molecule has 7 nitrogen and oxygen atoms in total. The van der Waals surface area contributed by atoms with Gasteiger partial charge in [-0.05, 0) is 69.7 Å². The molecule has 178 valence electrons. The Morgan fingerprint density at radius 1 is 1.27 bits per heavy atom. The fourth-order valence-corrected chi connectivity index (χ4v) is 3.78. The zero-order valence-electron chi connectivity index (χ0n) is 20.4. The number of pyridine rings is 1. The molecule has 2 N–H and O–H groups in total. The molecule has 1 aliphatic carbocycles. The van der Waals surface area contributed by atoms with E-state index in [1.165, 1.54) is 12.8 Å². The highest BCUT2D eigenvalue weighted by Gasteiger charge is 2.25. The summed E-state index contributed by atoms with van der Waals surface area (Å²) in [6, 6.07) is 8.16. The lowest BCUT2D eigenvalue weighted by molar-refractivity contribution is -0.147. The number of nitrogens with zero attached hydrogens (tertiary/aromatic N) is 3. The molecule has 4 rings (SSSR count). The van der Waals surface area contributed by atoms with Crippen LogP contribution in [-0.4, -0.2) is 26.2 Å². The van der Waals surface area contributed by atoms with E-state index >= 15 is 0 Å². The number of hydrogen-bond acceptors (Lipinski definition) is 5. The van der Waals surface area contributed by atoms with Crippen LogP contribution in [0.2, 0.25) is 0 Å². The Morgan fingerprint density at radius 2 is 2.00 bits per heavy atom. The number of carbonyl (C=O) groups is 1. The van der Waals surface area contributed by atoms with E-state index < -0.39 is 0 Å². The summed E-state index contributed by atoms with van der Waals surface area (Å²) < 4.78 is 8.78. The molecule has 1 saturated carbocycles. The normalized spacial score (nSPS) is 13.2. The van der Waals surface area contributed by atoms with Gasteiger partial charge in [0.05, 0.1) is 17.1 Å². The van der Waals surface area contributed by atoms with Crippen molar-refractivity contribution in [3.63, 3.8) is 0 Å². The third kappa shape index (κ3) is 6.32. The average molecular weight is 453 g/mol. The minimum Gasteiger partial charge on any atom is -0.463 e. The van der Waals surface area contributed by atoms with Crippen LogP contribution in [0.4, 0.5) is 0 Å². The first kappa shape index (κ1) is 24.7. The van der Waals surface area contributed by atoms with Gasteiger partial charge in [-0.25, -0.2) is 4.98 Å². The molecule has 2 heterocycles. The van der Waals surface area contributed by atoms with Crippen LogP contribution in [0.1, 0.15) is 57.6 Å². The first-order valence-electron chi connectivity index (χ1n) is 11.8. The molecule has 1 aromatic carbocycles. The lowest BCUT2D eigenvalue weighted by Crippen LogP contribution is -2.18. The fraction of sp³-hybridized carbons (Fsp3) is 0.500. The summed E-state index contributed by atoms with van der Waals surface area (Å²) in [4.78, 5) is 27.5. The van der Waals surface area contributed by atoms with Gasteiger partial charge < -0.3 is 19.6 Å². The molecule has 0 saturated heterocycles. The summed E-state index contributed by atoms with van der Waals surface area (Å²) in [6.07, 6.45) is 5.88. The minimum absolute atomic E-state index is 0.0315. The maximum Gasteiger partial charge on any atom is 0.306 e. The second-order valence-electron chi connectivity index (χ2n) is 9.13. The van der Waals surface area contributed by atoms with Gasteiger partial charge in [-0.15, -0.1) is 0 Å². The zero-order chi connectivity index (χ0) is 24.1. The number of rotatable bonds is 7. The number of hydrogen-bond donors (Lipinski definition) is 1. The molecule has 7 heteroatoms. The first-order valence-corrected chi connectivity index (χ1v) is 11.8. The largest absolute Gasteiger partial charge is 0.463 e. The highest BCUT2D eigenvalue weighted by Crippen LogP contribution is 2.34. The molecular weight excluding hydrogens is 416 g/mol. The van der Waals surface area contributed by atoms with E-state index in [1.807, 2.05) is 52.1 Å². The third-order valence-electron chi connectivity index (χ3n) is 5.63. The van der Waals surface area contributed by atoms with Crippen molar-refractivity contribution in [1.29, 1.82) is 0 Å². The average Bonchev–Trinajstić information content (AvgIpc) is 3.51. The fourth-order valence-electron chi connectivity index (χ4n) is 3.78. The van der Waals surface area contributed by atoms with Gasteiger partial charge in [0.2, 0.25) is 0 Å². The van der Waals surface area contributed by atoms with Crippen molar-refractivity contribution in [2.45, 2.75) is 72.6 Å². The molecule has 1 aliphatic rings. The van der Waals surface area contributed by atoms with Crippen molar-refractivity contribution in [2.75, 3.05) is 0 Å². The van der Waals surface area contributed by atoms with Gasteiger partial charge in [-0.2, -0.15) is 0 Å². The van der Waals surface area contributed by atoms with E-state index in [0.29, 0.717) is 13.0 Å². The molecule has 33 heavy (non-hydrogen) atoms. The van der Waals surface area contributed by atoms with Crippen molar-refractivity contribution in [1.82, 2.24) is 14.1 Å². The topological polar surface area (TPSA) is 92.1 Å². The van der Waals surface area contributed by atoms with E-state index in [9.17, 15) is 9.59 Å². The molecule has 0 spiro atoms. The van der Waals surface area contributed by atoms with Crippen LogP contribution in [-0.2, 0) is 29.7 Å². The lowest BCUT2D eigenvalue weighted by atomic mass is 10.2. The molecule has 0 radical (unpaired) electrons. The molecule has 0 atom stereocenters. The second kappa shape index (κ2) is 10.8. The summed E-state index contributed by atoms with van der Waals surface area (Å²) in [5, 5.41) is 0. The smallest absolute Gasteiger partial charge is 0.306 e. The second-order valence-corrected chi connectivity index (χ2v) is 9.13. The zero-order valence-corrected chi connectivity index (χ0v) is 20.4. The Balaban J connectivity index is 0.000000292. The predicted molar refractivity (Wildman–Crippen MR) is 132 cm³/mol. The number of imidazole rings is 1. The number of aryl methyl sites for hydroxylation is 2. The predicted octanol–water partition coefficient (Wildman–Crippen LogP) is 4.32. The number of benzene rings is 1. The monoisotopic (exact) mass is 452 g/mol. The summed E-state index contributed by atoms with van der Waals surface area (Å²) in [5.41, 5.74) is 10.8. The van der Waals surface area contributed by atoms with Crippen LogP contribution in [0.3, 0.4) is 0 Å². The van der Waals surface area contributed by atoms with Crippen molar-refractivity contribution in [3.8, 4) is 11.4 Å². The van der Waals surface area contributed by atoms with Gasteiger partial charge in [-0.3, -0.25) is 9.59 Å². The maximum atomic E-state index is 12.0. The van der Waals surface area contributed by atoms with Crippen LogP contribution in [0.5, 0.6) is 0 Å². The van der Waals surface area contributed by atoms with E-state index in [-0.39, 0.29) is 17.6 Å². The Bertz CT molecular complexity index is 1150. The molecule has 0 aliphatic heterocycles. The number of carbonyl (C=O) groups excluding carboxylic acids is 1. The number of aromatic nitrogens is 3. The third-order valence-corrected chi connectivity index (χ3v) is 5.63. The Morgan fingerprint density at radius 3 is 2.58 bits per heavy atom. The SMILES string of the molecule is CCCC(=O)OC(C)C.Cc1cc(-c2nc3ccc(CN)cc3n2CC2CC2)cn(C)c1=O. The van der Waals surface area contributed by atoms with E-state index in [4.69, 9.17) is 15.5 Å². The molecule has 1 fully saturated rings. The van der Waals surface area contributed by atoms with Crippen molar-refractivity contribution >= 4 is 17.0 Å². The first-order chi connectivity index (χ1) is 15.7. The Labute approximate surface area is 195 Å². The van der Waals surface area contributed by atoms with Gasteiger partial charge >= 0.3 is 5.97 Å². The van der Waals surface area contributed by atoms with Gasteiger partial charge in [0.15, 0.2) is 0 Å². The summed E-state index contributed by atoms with van der Waals surface area (Å²) >= 11 is 0. The summed E-state index contributed by atoms with van der Waals surface area (Å²) in [7, 11) is 1.79. The molecule has 0 amide bonds. The van der Waals surface area contributed by atoms with E-state index in [1.54, 1.807) is 11.6 Å². The summed E-state index contributed by atoms with van der Waals surface area (Å²) in [6.45, 7) is 9.02. The number of esters is 1. The van der Waals surface area contributed by atoms with Crippen LogP contribution in [0, 0.1) is 12.8 Å². The standard InChI is InChI=1S/C19H22N4O.C7H14O2/c1-12-7-15(11-22(2)19(12)24)18-21-16-6-5-14(9-20)8-17(16)23(18)10-13-3-4-13;1-4-5-7(8)9-6(2)3/h5-8,11,13H,3-4,9-10,20H2,1-2H3;6H,4-5H2,1-3H3. The van der Waals surface area contributed by atoms with Crippen LogP contribution in [0.25, 0.3) is 22.4 Å². The highest BCUT2D eigenvalue weighted by molar-refractivity contribution is 5.81. The van der Waals surface area contributed by atoms with Crippen molar-refractivity contribution < 1.29 is 9.53 Å². The molecular formula is C26H36N4O3. The summed E-state index contributed by atoms with van der Waals surface area (Å²) in [5.74, 6) is 1.58. The minimum atomic E-state index is -0.0903. The van der Waals surface area contributed by atoms with E-state index in [2.05, 4.69) is 10.6 Å². The van der Waals surface area contributed by atoms with Crippen LogP contribution < -0.4 is 11.3 Å². The van der Waals surface area contributed by atoms with Crippen molar-refractivity contribution in [2.24, 2.45) is 18.7 Å². The van der Waals surface area contributed by atoms with Gasteiger partial charge in [0.1, 0.15) is 5.82 Å². The highest BCUT2D eigenvalue weighted by atomic mass is 16.5. The van der Waals surface area contributed by atoms with Crippen LogP contribution in [0.15, 0.2) is 35.3 Å².